The average molecular weight is 362 g/mol. The summed E-state index contributed by atoms with van der Waals surface area (Å²) in [5.74, 6) is 0.122. The van der Waals surface area contributed by atoms with Crippen molar-refractivity contribution < 1.29 is 14.4 Å². The van der Waals surface area contributed by atoms with Gasteiger partial charge in [-0.05, 0) is 36.8 Å². The third-order valence-corrected chi connectivity index (χ3v) is 6.23. The van der Waals surface area contributed by atoms with Crippen molar-refractivity contribution in [3.05, 3.63) is 21.9 Å². The summed E-state index contributed by atoms with van der Waals surface area (Å²) in [5.41, 5.74) is 0.859. The lowest BCUT2D eigenvalue weighted by atomic mass is 10.1. The highest BCUT2D eigenvalue weighted by atomic mass is 32.1. The van der Waals surface area contributed by atoms with Crippen LogP contribution in [-0.2, 0) is 16.0 Å². The summed E-state index contributed by atoms with van der Waals surface area (Å²) in [7, 11) is 0. The van der Waals surface area contributed by atoms with Crippen LogP contribution in [0.1, 0.15) is 67.1 Å². The third kappa shape index (κ3) is 4.69. The number of Topliss-reactive ketones (excluding diaryl/α,β-unsaturated/α-hetero) is 1. The molecule has 1 aliphatic heterocycles. The molecule has 1 aromatic heterocycles. The third-order valence-electron chi connectivity index (χ3n) is 5.15. The van der Waals surface area contributed by atoms with Gasteiger partial charge in [0.05, 0.1) is 17.3 Å². The summed E-state index contributed by atoms with van der Waals surface area (Å²) < 4.78 is 0. The van der Waals surface area contributed by atoms with Crippen LogP contribution in [0.5, 0.6) is 0 Å². The second-order valence-electron chi connectivity index (χ2n) is 7.21. The first-order valence-electron chi connectivity index (χ1n) is 9.20. The fourth-order valence-corrected chi connectivity index (χ4v) is 4.68. The van der Waals surface area contributed by atoms with E-state index < -0.39 is 0 Å². The molecule has 5 nitrogen and oxygen atoms in total. The normalized spacial score (nSPS) is 22.0. The van der Waals surface area contributed by atoms with Gasteiger partial charge in [-0.3, -0.25) is 14.4 Å². The fourth-order valence-electron chi connectivity index (χ4n) is 3.87. The fraction of sp³-hybridized carbons (Fsp3) is 0.632. The van der Waals surface area contributed by atoms with Crippen LogP contribution >= 0.6 is 11.3 Å². The zero-order valence-corrected chi connectivity index (χ0v) is 15.6. The largest absolute Gasteiger partial charge is 0.351 e. The van der Waals surface area contributed by atoms with E-state index >= 15 is 0 Å². The molecule has 25 heavy (non-hydrogen) atoms. The molecule has 136 valence electrons. The van der Waals surface area contributed by atoms with Gasteiger partial charge < -0.3 is 10.2 Å². The van der Waals surface area contributed by atoms with Gasteiger partial charge in [-0.2, -0.15) is 0 Å². The summed E-state index contributed by atoms with van der Waals surface area (Å²) in [6, 6.07) is 2.05. The maximum Gasteiger partial charge on any atom is 0.225 e. The number of hydrogen-bond donors (Lipinski definition) is 1. The molecule has 1 saturated carbocycles. The Hall–Kier alpha value is -1.69. The number of nitrogens with zero attached hydrogens (tertiary/aromatic N) is 1. The molecule has 1 saturated heterocycles. The van der Waals surface area contributed by atoms with Crippen LogP contribution in [0.4, 0.5) is 0 Å². The number of rotatable bonds is 5. The van der Waals surface area contributed by atoms with E-state index in [1.165, 1.54) is 43.9 Å². The summed E-state index contributed by atoms with van der Waals surface area (Å²) >= 11 is 1.37. The van der Waals surface area contributed by atoms with E-state index in [1.807, 2.05) is 10.3 Å². The molecule has 2 heterocycles. The summed E-state index contributed by atoms with van der Waals surface area (Å²) in [6.07, 6.45) is 7.78. The Balaban J connectivity index is 1.51. The lowest BCUT2D eigenvalue weighted by Gasteiger charge is -2.27. The molecule has 0 aromatic carbocycles. The smallest absolute Gasteiger partial charge is 0.225 e. The van der Waals surface area contributed by atoms with Gasteiger partial charge in [0, 0.05) is 19.0 Å². The predicted molar refractivity (Wildman–Crippen MR) is 97.8 cm³/mol. The van der Waals surface area contributed by atoms with Gasteiger partial charge in [-0.25, -0.2) is 0 Å². The van der Waals surface area contributed by atoms with Gasteiger partial charge in [-0.1, -0.05) is 25.7 Å². The quantitative estimate of drug-likeness (QED) is 0.647. The van der Waals surface area contributed by atoms with E-state index in [4.69, 9.17) is 0 Å². The van der Waals surface area contributed by atoms with Gasteiger partial charge in [0.1, 0.15) is 0 Å². The maximum absolute atomic E-state index is 12.4. The second kappa shape index (κ2) is 8.13. The van der Waals surface area contributed by atoms with Crippen molar-refractivity contribution in [2.45, 2.75) is 70.4 Å². The van der Waals surface area contributed by atoms with Crippen molar-refractivity contribution in [3.8, 4) is 0 Å². The molecule has 2 amide bonds. The van der Waals surface area contributed by atoms with Crippen LogP contribution in [0.2, 0.25) is 0 Å². The molecule has 3 rings (SSSR count). The Morgan fingerprint density at radius 3 is 2.60 bits per heavy atom. The van der Waals surface area contributed by atoms with Crippen molar-refractivity contribution >= 4 is 28.9 Å². The summed E-state index contributed by atoms with van der Waals surface area (Å²) in [4.78, 5) is 38.6. The monoisotopic (exact) mass is 362 g/mol. The van der Waals surface area contributed by atoms with Crippen molar-refractivity contribution in [2.24, 2.45) is 0 Å². The van der Waals surface area contributed by atoms with Gasteiger partial charge in [0.15, 0.2) is 5.78 Å². The molecule has 1 atom stereocenters. The zero-order valence-electron chi connectivity index (χ0n) is 14.8. The molecule has 6 heteroatoms. The first kappa shape index (κ1) is 18.1. The minimum atomic E-state index is -0.0887. The number of hydrogen-bond acceptors (Lipinski definition) is 4. The van der Waals surface area contributed by atoms with Crippen molar-refractivity contribution in [1.82, 2.24) is 10.2 Å². The molecule has 0 unspecified atom stereocenters. The Bertz CT molecular complexity index is 647. The van der Waals surface area contributed by atoms with Gasteiger partial charge in [-0.15, -0.1) is 11.3 Å². The van der Waals surface area contributed by atoms with Crippen LogP contribution in [-0.4, -0.2) is 41.1 Å². The standard InChI is InChI=1S/C19H26N2O3S/c1-13(22)17-8-14(12-25-17)9-18(23)20-15-10-19(24)21(11-15)16-6-4-2-3-5-7-16/h8,12,15-16H,2-7,9-11H2,1H3,(H,20,23)/t15-/m1/s1. The molecule has 1 N–H and O–H groups in total. The van der Waals surface area contributed by atoms with Crippen molar-refractivity contribution in [2.75, 3.05) is 6.54 Å². The number of nitrogens with one attached hydrogen (secondary N) is 1. The van der Waals surface area contributed by atoms with Gasteiger partial charge in [0.2, 0.25) is 11.8 Å². The zero-order chi connectivity index (χ0) is 17.8. The number of likely N-dealkylation sites (tertiary alicyclic amines) is 1. The number of carbonyl (C=O) groups excluding carboxylic acids is 3. The molecular formula is C19H26N2O3S. The Morgan fingerprint density at radius 1 is 1.24 bits per heavy atom. The molecular weight excluding hydrogens is 336 g/mol. The lowest BCUT2D eigenvalue weighted by molar-refractivity contribution is -0.129. The first-order valence-corrected chi connectivity index (χ1v) is 10.1. The van der Waals surface area contributed by atoms with E-state index in [1.54, 1.807) is 6.07 Å². The second-order valence-corrected chi connectivity index (χ2v) is 8.12. The Morgan fingerprint density at radius 2 is 1.96 bits per heavy atom. The predicted octanol–water partition coefficient (Wildman–Crippen LogP) is 2.93. The maximum atomic E-state index is 12.4. The average Bonchev–Trinajstić information content (AvgIpc) is 3.05. The Kier molecular flexibility index (Phi) is 5.89. The number of amides is 2. The van der Waals surface area contributed by atoms with Gasteiger partial charge >= 0.3 is 0 Å². The van der Waals surface area contributed by atoms with Crippen LogP contribution in [0.3, 0.4) is 0 Å². The molecule has 0 radical (unpaired) electrons. The molecule has 1 aromatic rings. The van der Waals surface area contributed by atoms with Crippen LogP contribution in [0, 0.1) is 0 Å². The molecule has 0 spiro atoms. The minimum absolute atomic E-state index is 0.0251. The highest BCUT2D eigenvalue weighted by molar-refractivity contribution is 7.12. The van der Waals surface area contributed by atoms with Crippen LogP contribution in [0.15, 0.2) is 11.4 Å². The highest BCUT2D eigenvalue weighted by Crippen LogP contribution is 2.26. The number of thiophene rings is 1. The molecule has 1 aliphatic carbocycles. The van der Waals surface area contributed by atoms with E-state index in [0.29, 0.717) is 23.9 Å². The number of carbonyl (C=O) groups is 3. The minimum Gasteiger partial charge on any atom is -0.351 e. The highest BCUT2D eigenvalue weighted by Gasteiger charge is 2.35. The van der Waals surface area contributed by atoms with E-state index in [0.717, 1.165) is 18.4 Å². The van der Waals surface area contributed by atoms with Gasteiger partial charge in [0.25, 0.3) is 0 Å². The van der Waals surface area contributed by atoms with Crippen LogP contribution < -0.4 is 5.32 Å². The van der Waals surface area contributed by atoms with Crippen molar-refractivity contribution in [1.29, 1.82) is 0 Å². The van der Waals surface area contributed by atoms with E-state index in [9.17, 15) is 14.4 Å². The molecule has 2 fully saturated rings. The van der Waals surface area contributed by atoms with E-state index in [-0.39, 0.29) is 30.1 Å². The summed E-state index contributed by atoms with van der Waals surface area (Å²) in [6.45, 7) is 2.17. The topological polar surface area (TPSA) is 66.5 Å². The summed E-state index contributed by atoms with van der Waals surface area (Å²) in [5, 5.41) is 4.85. The first-order chi connectivity index (χ1) is 12.0. The van der Waals surface area contributed by atoms with E-state index in [2.05, 4.69) is 5.32 Å². The van der Waals surface area contributed by atoms with Crippen LogP contribution in [0.25, 0.3) is 0 Å². The SMILES string of the molecule is CC(=O)c1cc(CC(=O)N[C@@H]2CC(=O)N(C3CCCCCC3)C2)cs1. The van der Waals surface area contributed by atoms with Crippen molar-refractivity contribution in [3.63, 3.8) is 0 Å². The molecule has 2 aliphatic rings. The molecule has 0 bridgehead atoms. The lowest BCUT2D eigenvalue weighted by Crippen LogP contribution is -2.41. The Labute approximate surface area is 152 Å². The number of ketones is 1.